The molecule has 0 atom stereocenters. The van der Waals surface area contributed by atoms with Gasteiger partial charge >= 0.3 is 0 Å². The zero-order chi connectivity index (χ0) is 101. The zero-order valence-corrected chi connectivity index (χ0v) is 83.5. The molecular weight excluding hydrogens is 1810 g/mol. The van der Waals surface area contributed by atoms with Crippen LogP contribution in [-0.4, -0.2) is 0 Å². The lowest BCUT2D eigenvalue weighted by atomic mass is 9.99. The third-order valence-corrected chi connectivity index (χ3v) is 26.2. The Morgan fingerprint density at radius 2 is 0.260 bits per heavy atom. The minimum atomic E-state index is 1.10. The maximum atomic E-state index is 2.34. The maximum absolute atomic E-state index is 2.34. The van der Waals surface area contributed by atoms with E-state index in [4.69, 9.17) is 0 Å². The second kappa shape index (κ2) is 50.0. The lowest BCUT2D eigenvalue weighted by molar-refractivity contribution is 1.28. The Morgan fingerprint density at radius 1 is 0.0933 bits per heavy atom. The first-order chi connectivity index (χ1) is 74.4. The van der Waals surface area contributed by atoms with E-state index in [1.165, 1.54) is 100 Å². The summed E-state index contributed by atoms with van der Waals surface area (Å²) < 4.78 is 0. The molecule has 0 saturated heterocycles. The van der Waals surface area contributed by atoms with Crippen molar-refractivity contribution >= 4 is 117 Å². The van der Waals surface area contributed by atoms with E-state index in [2.05, 4.69) is 669 Å². The van der Waals surface area contributed by atoms with E-state index in [-0.39, 0.29) is 0 Å². The summed E-state index contributed by atoms with van der Waals surface area (Å²) in [6.07, 6.45) is 17.3. The minimum absolute atomic E-state index is 1.10. The Labute approximate surface area is 883 Å². The minimum Gasteiger partial charge on any atom is -0.311 e. The molecule has 0 aliphatic rings. The van der Waals surface area contributed by atoms with Gasteiger partial charge in [-0.1, -0.05) is 540 Å². The average molecular weight is 1920 g/mol. The van der Waals surface area contributed by atoms with E-state index in [1.54, 1.807) is 0 Å². The highest BCUT2D eigenvalue weighted by molar-refractivity contribution is 5.91. The van der Waals surface area contributed by atoms with Crippen LogP contribution in [0.5, 0.6) is 0 Å². The molecule has 716 valence electrons. The van der Waals surface area contributed by atoms with Crippen molar-refractivity contribution in [3.05, 3.63) is 675 Å². The van der Waals surface area contributed by atoms with Crippen molar-refractivity contribution in [1.29, 1.82) is 0 Å². The lowest BCUT2D eigenvalue weighted by Gasteiger charge is -2.28. The molecule has 0 saturated carbocycles. The summed E-state index contributed by atoms with van der Waals surface area (Å²) in [6.45, 7) is 0. The largest absolute Gasteiger partial charge is 0.311 e. The number of hydrogen-bond donors (Lipinski definition) is 0. The molecular formula is C146H112N4. The molecule has 0 aliphatic carbocycles. The number of anilines is 12. The van der Waals surface area contributed by atoms with Gasteiger partial charge in [-0.05, 0) is 256 Å². The topological polar surface area (TPSA) is 13.0 Å². The van der Waals surface area contributed by atoms with Gasteiger partial charge in [0.05, 0.1) is 5.69 Å². The van der Waals surface area contributed by atoms with Gasteiger partial charge in [0.25, 0.3) is 0 Å². The highest BCUT2D eigenvalue weighted by atomic mass is 15.2. The summed E-state index contributed by atoms with van der Waals surface area (Å²) in [6, 6.07) is 222. The van der Waals surface area contributed by atoms with Crippen LogP contribution in [0.4, 0.5) is 68.2 Å². The molecule has 23 aromatic carbocycles. The Kier molecular flexibility index (Phi) is 32.5. The molecule has 4 nitrogen and oxygen atoms in total. The summed E-state index contributed by atoms with van der Waals surface area (Å²) in [5, 5.41) is 0. The smallest absolute Gasteiger partial charge is 0.0540 e. The zero-order valence-electron chi connectivity index (χ0n) is 83.5. The summed E-state index contributed by atoms with van der Waals surface area (Å²) in [5.41, 5.74) is 39.9. The van der Waals surface area contributed by atoms with Crippen LogP contribution in [0.1, 0.15) is 44.5 Å². The van der Waals surface area contributed by atoms with Crippen molar-refractivity contribution in [3.8, 4) is 77.9 Å². The van der Waals surface area contributed by atoms with E-state index in [0.29, 0.717) is 0 Å². The number of benzene rings is 23. The van der Waals surface area contributed by atoms with Crippen LogP contribution in [0.25, 0.3) is 126 Å². The summed E-state index contributed by atoms with van der Waals surface area (Å²) in [7, 11) is 0. The predicted molar refractivity (Wildman–Crippen MR) is 644 cm³/mol. The van der Waals surface area contributed by atoms with Gasteiger partial charge in [-0.3, -0.25) is 0 Å². The van der Waals surface area contributed by atoms with Crippen molar-refractivity contribution in [2.75, 3.05) is 19.6 Å². The third kappa shape index (κ3) is 25.9. The first kappa shape index (κ1) is 97.7. The number of nitrogens with zero attached hydrogens (tertiary/aromatic N) is 4. The Morgan fingerprint density at radius 3 is 0.567 bits per heavy atom. The molecule has 0 unspecified atom stereocenters. The first-order valence-corrected chi connectivity index (χ1v) is 51.0. The first-order valence-electron chi connectivity index (χ1n) is 51.0. The molecule has 0 fully saturated rings. The van der Waals surface area contributed by atoms with Crippen molar-refractivity contribution in [2.45, 2.75) is 0 Å². The summed E-state index contributed by atoms with van der Waals surface area (Å²) in [4.78, 5) is 9.28. The fraction of sp³-hybridized carbons (Fsp3) is 0. The standard InChI is InChI=1S/C50H37N.3C32H25N/c1-4-10-38(11-5-1)16-17-39-18-32-48(33-19-39)51(49-34-28-46(29-35-49)44-24-20-42(21-25-44)40-12-6-2-7-13-40)50-36-30-47(31-37-50)45-26-22-43(23-27-45)41-14-8-3-9-15-41;1-4-12-26(13-5-1)22-23-27-14-10-20-31(24-27)33(30-18-8-3-9-19-30)32-21-11-17-29(25-32)28-15-6-2-7-16-28;1-4-13-26(14-5-1)23-24-27-15-12-20-30(25-27)33(29-18-8-3-9-19-29)32-22-11-10-21-31(32)28-16-6-2-7-17-28;1-4-11-26(12-5-1)19-20-27-13-10-18-32(25-27)33(30-16-8-3-9-17-30)31-23-21-29(22-24-31)28-14-6-2-7-15-28/h1-37H;3*1-25H/b17-16+;23-22+;24-23+;20-19+. The van der Waals surface area contributed by atoms with Crippen LogP contribution in [0.3, 0.4) is 0 Å². The predicted octanol–water partition coefficient (Wildman–Crippen LogP) is 41.0. The molecule has 150 heavy (non-hydrogen) atoms. The third-order valence-electron chi connectivity index (χ3n) is 26.2. The van der Waals surface area contributed by atoms with Gasteiger partial charge in [0.1, 0.15) is 0 Å². The fourth-order valence-electron chi connectivity index (χ4n) is 18.6. The SMILES string of the molecule is C(=C\c1ccc(N(c2ccc(-c3ccc(-c4ccccc4)cc3)cc2)c2ccc(-c3ccc(-c4ccccc4)cc3)cc2)cc1)/c1ccccc1.C(=C\c1cccc(N(c2ccccc2)c2ccc(-c3ccccc3)cc2)c1)/c1ccccc1.C(=C\c1cccc(N(c2ccccc2)c2cccc(-c3ccccc3)c2)c1)/c1ccccc1.C(=C\c1cccc(N(c2ccccc2)c2ccccc2-c2ccccc2)c1)/c1ccccc1. The molecule has 23 aromatic rings. The second-order valence-electron chi connectivity index (χ2n) is 36.4. The van der Waals surface area contributed by atoms with Gasteiger partial charge in [-0.2, -0.15) is 0 Å². The van der Waals surface area contributed by atoms with Crippen LogP contribution in [0.15, 0.2) is 631 Å². The molecule has 0 spiro atoms. The molecule has 0 radical (unpaired) electrons. The Balaban J connectivity index is 0.000000123. The van der Waals surface area contributed by atoms with Gasteiger partial charge in [-0.25, -0.2) is 0 Å². The van der Waals surface area contributed by atoms with Crippen LogP contribution in [0, 0.1) is 0 Å². The number of hydrogen-bond acceptors (Lipinski definition) is 4. The Hall–Kier alpha value is -19.8. The average Bonchev–Trinajstić information content (AvgIpc) is 0.788. The molecule has 0 heterocycles. The van der Waals surface area contributed by atoms with E-state index >= 15 is 0 Å². The monoisotopic (exact) mass is 1920 g/mol. The molecule has 4 heteroatoms. The van der Waals surface area contributed by atoms with Gasteiger partial charge in [-0.15, -0.1) is 0 Å². The van der Waals surface area contributed by atoms with Gasteiger partial charge in [0.2, 0.25) is 0 Å². The van der Waals surface area contributed by atoms with Crippen LogP contribution in [-0.2, 0) is 0 Å². The lowest BCUT2D eigenvalue weighted by Crippen LogP contribution is -2.11. The van der Waals surface area contributed by atoms with Gasteiger partial charge < -0.3 is 19.6 Å². The molecule has 0 amide bonds. The van der Waals surface area contributed by atoms with Gasteiger partial charge in [0.15, 0.2) is 0 Å². The Bertz CT molecular complexity index is 8150. The molecule has 0 aliphatic heterocycles. The number of rotatable bonds is 27. The second-order valence-corrected chi connectivity index (χ2v) is 36.4. The highest BCUT2D eigenvalue weighted by Gasteiger charge is 2.21. The summed E-state index contributed by atoms with van der Waals surface area (Å²) in [5.74, 6) is 0. The van der Waals surface area contributed by atoms with E-state index in [1.807, 2.05) is 30.3 Å². The molecule has 23 rings (SSSR count). The van der Waals surface area contributed by atoms with E-state index in [0.717, 1.165) is 90.5 Å². The summed E-state index contributed by atoms with van der Waals surface area (Å²) >= 11 is 0. The van der Waals surface area contributed by atoms with E-state index in [9.17, 15) is 0 Å². The molecule has 0 bridgehead atoms. The van der Waals surface area contributed by atoms with Crippen molar-refractivity contribution in [3.63, 3.8) is 0 Å². The van der Waals surface area contributed by atoms with Gasteiger partial charge in [0, 0.05) is 68.1 Å². The normalized spacial score (nSPS) is 11.0. The molecule has 0 aromatic heterocycles. The van der Waals surface area contributed by atoms with Crippen molar-refractivity contribution in [1.82, 2.24) is 0 Å². The van der Waals surface area contributed by atoms with Crippen LogP contribution >= 0.6 is 0 Å². The van der Waals surface area contributed by atoms with Crippen molar-refractivity contribution < 1.29 is 0 Å². The fourth-order valence-corrected chi connectivity index (χ4v) is 18.6. The maximum Gasteiger partial charge on any atom is 0.0540 e. The number of para-hydroxylation sites is 4. The van der Waals surface area contributed by atoms with E-state index < -0.39 is 0 Å². The molecule has 0 N–H and O–H groups in total. The van der Waals surface area contributed by atoms with Crippen LogP contribution < -0.4 is 19.6 Å². The van der Waals surface area contributed by atoms with Crippen LogP contribution in [0.2, 0.25) is 0 Å². The quantitative estimate of drug-likeness (QED) is 0.0476. The van der Waals surface area contributed by atoms with Crippen molar-refractivity contribution in [2.24, 2.45) is 0 Å². The highest BCUT2D eigenvalue weighted by Crippen LogP contribution is 2.45.